The Balaban J connectivity index is 2.57. The Morgan fingerprint density at radius 3 is 2.60 bits per heavy atom. The van der Waals surface area contributed by atoms with Crippen LogP contribution in [0.1, 0.15) is 30.5 Å². The highest BCUT2D eigenvalue weighted by molar-refractivity contribution is 7.90. The lowest BCUT2D eigenvalue weighted by molar-refractivity contribution is -0.123. The average molecular weight is 298 g/mol. The summed E-state index contributed by atoms with van der Waals surface area (Å²) in [5, 5.41) is 2.80. The molecule has 1 rings (SSSR count). The number of hydrogen-bond acceptors (Lipinski definition) is 4. The molecule has 0 radical (unpaired) electrons. The molecular weight excluding hydrogens is 276 g/mol. The summed E-state index contributed by atoms with van der Waals surface area (Å²) >= 11 is 0. The third-order valence-corrected chi connectivity index (χ3v) is 4.01. The molecule has 6 heteroatoms. The van der Waals surface area contributed by atoms with Crippen LogP contribution >= 0.6 is 0 Å². The number of hydrogen-bond donors (Lipinski definition) is 2. The van der Waals surface area contributed by atoms with Crippen LogP contribution in [0.2, 0.25) is 0 Å². The van der Waals surface area contributed by atoms with E-state index in [2.05, 4.69) is 5.32 Å². The van der Waals surface area contributed by atoms with E-state index in [1.54, 1.807) is 0 Å². The Labute approximate surface area is 120 Å². The largest absolute Gasteiger partial charge is 0.348 e. The van der Waals surface area contributed by atoms with Crippen molar-refractivity contribution >= 4 is 15.7 Å². The van der Waals surface area contributed by atoms with Crippen molar-refractivity contribution in [2.24, 2.45) is 5.73 Å². The topological polar surface area (TPSA) is 89.3 Å². The lowest BCUT2D eigenvalue weighted by atomic mass is 10.1. The van der Waals surface area contributed by atoms with Crippen LogP contribution in [-0.2, 0) is 14.6 Å². The molecule has 0 fully saturated rings. The summed E-state index contributed by atoms with van der Waals surface area (Å²) in [6.45, 7) is 3.85. The molecule has 0 aliphatic carbocycles. The predicted molar refractivity (Wildman–Crippen MR) is 80.0 cm³/mol. The Morgan fingerprint density at radius 2 is 2.05 bits per heavy atom. The van der Waals surface area contributed by atoms with Gasteiger partial charge in [-0.05, 0) is 25.8 Å². The first kappa shape index (κ1) is 16.7. The number of carbonyl (C=O) groups is 1. The summed E-state index contributed by atoms with van der Waals surface area (Å²) in [4.78, 5) is 11.9. The maximum Gasteiger partial charge on any atom is 0.237 e. The zero-order chi connectivity index (χ0) is 15.3. The van der Waals surface area contributed by atoms with Crippen LogP contribution in [0.5, 0.6) is 0 Å². The van der Waals surface area contributed by atoms with Gasteiger partial charge in [0.2, 0.25) is 5.91 Å². The molecule has 112 valence electrons. The number of nitrogens with one attached hydrogen (secondary N) is 1. The van der Waals surface area contributed by atoms with Crippen molar-refractivity contribution in [1.29, 1.82) is 0 Å². The van der Waals surface area contributed by atoms with Gasteiger partial charge in [-0.2, -0.15) is 0 Å². The molecule has 0 aliphatic heterocycles. The van der Waals surface area contributed by atoms with Crippen LogP contribution in [0.4, 0.5) is 0 Å². The maximum atomic E-state index is 11.9. The van der Waals surface area contributed by atoms with E-state index in [1.807, 2.05) is 38.1 Å². The fourth-order valence-corrected chi connectivity index (χ4v) is 2.50. The highest BCUT2D eigenvalue weighted by atomic mass is 32.2. The lowest BCUT2D eigenvalue weighted by Crippen LogP contribution is -2.42. The van der Waals surface area contributed by atoms with Gasteiger partial charge in [0.1, 0.15) is 9.84 Å². The van der Waals surface area contributed by atoms with E-state index >= 15 is 0 Å². The zero-order valence-electron chi connectivity index (χ0n) is 12.1. The van der Waals surface area contributed by atoms with E-state index in [9.17, 15) is 13.2 Å². The van der Waals surface area contributed by atoms with Gasteiger partial charge >= 0.3 is 0 Å². The SMILES string of the molecule is Cc1cccc([C@H](C)NC(=O)C(N)CCS(C)(=O)=O)c1. The number of sulfone groups is 1. The van der Waals surface area contributed by atoms with Crippen molar-refractivity contribution in [3.05, 3.63) is 35.4 Å². The number of aryl methyl sites for hydroxylation is 1. The van der Waals surface area contributed by atoms with Crippen LogP contribution in [0.3, 0.4) is 0 Å². The molecule has 0 saturated heterocycles. The van der Waals surface area contributed by atoms with Crippen molar-refractivity contribution in [1.82, 2.24) is 5.32 Å². The molecule has 2 atom stereocenters. The number of nitrogens with two attached hydrogens (primary N) is 1. The minimum Gasteiger partial charge on any atom is -0.348 e. The fourth-order valence-electron chi connectivity index (χ4n) is 1.82. The third kappa shape index (κ3) is 5.71. The van der Waals surface area contributed by atoms with Crippen molar-refractivity contribution in [3.63, 3.8) is 0 Å². The Kier molecular flexibility index (Phi) is 5.71. The number of amides is 1. The molecule has 20 heavy (non-hydrogen) atoms. The molecule has 1 aromatic rings. The lowest BCUT2D eigenvalue weighted by Gasteiger charge is -2.18. The highest BCUT2D eigenvalue weighted by Gasteiger charge is 2.18. The monoisotopic (exact) mass is 298 g/mol. The van der Waals surface area contributed by atoms with Gasteiger partial charge in [-0.1, -0.05) is 29.8 Å². The van der Waals surface area contributed by atoms with Crippen molar-refractivity contribution in [3.8, 4) is 0 Å². The number of rotatable bonds is 6. The van der Waals surface area contributed by atoms with Crippen LogP contribution < -0.4 is 11.1 Å². The van der Waals surface area contributed by atoms with E-state index in [-0.39, 0.29) is 24.1 Å². The summed E-state index contributed by atoms with van der Waals surface area (Å²) in [5.41, 5.74) is 7.81. The molecule has 0 aliphatic rings. The Morgan fingerprint density at radius 1 is 1.40 bits per heavy atom. The molecular formula is C14H22N2O3S. The Hall–Kier alpha value is -1.40. The summed E-state index contributed by atoms with van der Waals surface area (Å²) in [6.07, 6.45) is 1.26. The van der Waals surface area contributed by atoms with Crippen molar-refractivity contribution < 1.29 is 13.2 Å². The van der Waals surface area contributed by atoms with Crippen LogP contribution in [-0.4, -0.2) is 32.4 Å². The minimum atomic E-state index is -3.10. The molecule has 1 amide bonds. The van der Waals surface area contributed by atoms with Crippen molar-refractivity contribution in [2.45, 2.75) is 32.4 Å². The van der Waals surface area contributed by atoms with Gasteiger partial charge in [-0.3, -0.25) is 4.79 Å². The van der Waals surface area contributed by atoms with Gasteiger partial charge in [0, 0.05) is 6.26 Å². The van der Waals surface area contributed by atoms with Gasteiger partial charge in [-0.15, -0.1) is 0 Å². The van der Waals surface area contributed by atoms with Gasteiger partial charge in [-0.25, -0.2) is 8.42 Å². The van der Waals surface area contributed by atoms with E-state index in [4.69, 9.17) is 5.73 Å². The smallest absolute Gasteiger partial charge is 0.237 e. The first-order chi connectivity index (χ1) is 9.19. The van der Waals surface area contributed by atoms with E-state index in [0.717, 1.165) is 17.4 Å². The average Bonchev–Trinajstić information content (AvgIpc) is 2.34. The molecule has 0 bridgehead atoms. The molecule has 1 unspecified atom stereocenters. The van der Waals surface area contributed by atoms with E-state index in [0.29, 0.717) is 0 Å². The summed E-state index contributed by atoms with van der Waals surface area (Å²) in [5.74, 6) is -0.414. The molecule has 0 saturated carbocycles. The van der Waals surface area contributed by atoms with Crippen LogP contribution in [0.25, 0.3) is 0 Å². The quantitative estimate of drug-likeness (QED) is 0.817. The molecule has 1 aromatic carbocycles. The first-order valence-electron chi connectivity index (χ1n) is 6.49. The zero-order valence-corrected chi connectivity index (χ0v) is 12.9. The molecule has 0 spiro atoms. The number of carbonyl (C=O) groups excluding carboxylic acids is 1. The predicted octanol–water partition coefficient (Wildman–Crippen LogP) is 0.934. The van der Waals surface area contributed by atoms with Gasteiger partial charge < -0.3 is 11.1 Å². The second kappa shape index (κ2) is 6.85. The van der Waals surface area contributed by atoms with Gasteiger partial charge in [0.25, 0.3) is 0 Å². The highest BCUT2D eigenvalue weighted by Crippen LogP contribution is 2.13. The van der Waals surface area contributed by atoms with Crippen LogP contribution in [0, 0.1) is 6.92 Å². The standard InChI is InChI=1S/C14H22N2O3S/c1-10-5-4-6-12(9-10)11(2)16-14(17)13(15)7-8-20(3,18)19/h4-6,9,11,13H,7-8,15H2,1-3H3,(H,16,17)/t11-,13?/m0/s1. The third-order valence-electron chi connectivity index (χ3n) is 3.04. The summed E-state index contributed by atoms with van der Waals surface area (Å²) in [6, 6.07) is 6.86. The summed E-state index contributed by atoms with van der Waals surface area (Å²) < 4.78 is 22.1. The molecule has 0 aromatic heterocycles. The summed E-state index contributed by atoms with van der Waals surface area (Å²) in [7, 11) is -3.10. The van der Waals surface area contributed by atoms with Crippen LogP contribution in [0.15, 0.2) is 24.3 Å². The van der Waals surface area contributed by atoms with Gasteiger partial charge in [0.15, 0.2) is 0 Å². The fraction of sp³-hybridized carbons (Fsp3) is 0.500. The second-order valence-electron chi connectivity index (χ2n) is 5.17. The second-order valence-corrected chi connectivity index (χ2v) is 7.43. The van der Waals surface area contributed by atoms with E-state index < -0.39 is 15.9 Å². The maximum absolute atomic E-state index is 11.9. The van der Waals surface area contributed by atoms with Crippen molar-refractivity contribution in [2.75, 3.05) is 12.0 Å². The normalized spacial score (nSPS) is 14.6. The molecule has 5 nitrogen and oxygen atoms in total. The Bertz CT molecular complexity index is 570. The number of benzene rings is 1. The van der Waals surface area contributed by atoms with E-state index in [1.165, 1.54) is 0 Å². The van der Waals surface area contributed by atoms with Gasteiger partial charge in [0.05, 0.1) is 17.8 Å². The molecule has 0 heterocycles. The first-order valence-corrected chi connectivity index (χ1v) is 8.55. The minimum absolute atomic E-state index is 0.0829. The molecule has 3 N–H and O–H groups in total.